The minimum absolute atomic E-state index is 0.731. The molecule has 1 aliphatic heterocycles. The summed E-state index contributed by atoms with van der Waals surface area (Å²) in [6.07, 6.45) is 2.69. The molecular weight excluding hydrogens is 228 g/mol. The van der Waals surface area contributed by atoms with Crippen molar-refractivity contribution in [2.24, 2.45) is 0 Å². The molecule has 1 aliphatic carbocycles. The zero-order valence-corrected chi connectivity index (χ0v) is 10.5. The summed E-state index contributed by atoms with van der Waals surface area (Å²) in [5.74, 6) is 0. The van der Waals surface area contributed by atoms with Crippen molar-refractivity contribution >= 4 is 27.1 Å². The summed E-state index contributed by atoms with van der Waals surface area (Å²) < 4.78 is 1.41. The first-order valence-electron chi connectivity index (χ1n) is 6.40. The summed E-state index contributed by atoms with van der Waals surface area (Å²) in [5.41, 5.74) is 1.44. The largest absolute Gasteiger partial charge is 0.365 e. The summed E-state index contributed by atoms with van der Waals surface area (Å²) in [5, 5.41) is 7.26. The second kappa shape index (κ2) is 3.72. The van der Waals surface area contributed by atoms with E-state index in [1.54, 1.807) is 0 Å². The molecule has 2 aliphatic rings. The molecule has 2 nitrogen and oxygen atoms in total. The van der Waals surface area contributed by atoms with Crippen molar-refractivity contribution in [2.45, 2.75) is 24.9 Å². The molecule has 2 unspecified atom stereocenters. The molecule has 0 spiro atoms. The Balaban J connectivity index is 1.80. The van der Waals surface area contributed by atoms with Crippen molar-refractivity contribution in [3.63, 3.8) is 0 Å². The van der Waals surface area contributed by atoms with Gasteiger partial charge in [0.05, 0.1) is 0 Å². The first-order valence-corrected chi connectivity index (χ1v) is 7.28. The SMILES string of the molecule is c1cc(N2CCNC3CCC32)c2ccsc2c1. The smallest absolute Gasteiger partial charge is 0.0457 e. The average Bonchev–Trinajstić information content (AvgIpc) is 2.78. The summed E-state index contributed by atoms with van der Waals surface area (Å²) in [4.78, 5) is 2.62. The molecule has 2 fully saturated rings. The minimum atomic E-state index is 0.731. The van der Waals surface area contributed by atoms with Crippen molar-refractivity contribution in [1.82, 2.24) is 5.32 Å². The van der Waals surface area contributed by atoms with Crippen molar-refractivity contribution in [3.8, 4) is 0 Å². The molecular formula is C14H16N2S. The van der Waals surface area contributed by atoms with Crippen LogP contribution in [0.2, 0.25) is 0 Å². The van der Waals surface area contributed by atoms with E-state index in [0.29, 0.717) is 0 Å². The molecule has 1 saturated carbocycles. The van der Waals surface area contributed by atoms with Gasteiger partial charge in [0, 0.05) is 40.9 Å². The van der Waals surface area contributed by atoms with Crippen LogP contribution in [0.4, 0.5) is 5.69 Å². The van der Waals surface area contributed by atoms with Gasteiger partial charge in [0.1, 0.15) is 0 Å². The van der Waals surface area contributed by atoms with Crippen molar-refractivity contribution in [3.05, 3.63) is 29.6 Å². The van der Waals surface area contributed by atoms with E-state index in [9.17, 15) is 0 Å². The molecule has 0 radical (unpaired) electrons. The molecule has 1 aromatic heterocycles. The lowest BCUT2D eigenvalue weighted by Gasteiger charge is -2.50. The molecule has 88 valence electrons. The Morgan fingerprint density at radius 1 is 1.24 bits per heavy atom. The van der Waals surface area contributed by atoms with Gasteiger partial charge in [0.25, 0.3) is 0 Å². The van der Waals surface area contributed by atoms with Crippen LogP contribution in [-0.4, -0.2) is 25.2 Å². The standard InChI is InChI=1S/C14H16N2S/c1-2-12(10-6-9-17-14(10)3-1)16-8-7-15-11-4-5-13(11)16/h1-3,6,9,11,13,15H,4-5,7-8H2. The van der Waals surface area contributed by atoms with Gasteiger partial charge in [-0.15, -0.1) is 11.3 Å². The third-order valence-electron chi connectivity index (χ3n) is 4.18. The van der Waals surface area contributed by atoms with Gasteiger partial charge >= 0.3 is 0 Å². The maximum Gasteiger partial charge on any atom is 0.0457 e. The Labute approximate surface area is 105 Å². The molecule has 1 aromatic carbocycles. The Kier molecular flexibility index (Phi) is 2.17. The highest BCUT2D eigenvalue weighted by Crippen LogP contribution is 2.37. The molecule has 17 heavy (non-hydrogen) atoms. The normalized spacial score (nSPS) is 27.9. The number of hydrogen-bond acceptors (Lipinski definition) is 3. The van der Waals surface area contributed by atoms with Crippen LogP contribution in [0.15, 0.2) is 29.6 Å². The van der Waals surface area contributed by atoms with Crippen LogP contribution >= 0.6 is 11.3 Å². The van der Waals surface area contributed by atoms with E-state index in [2.05, 4.69) is 39.9 Å². The van der Waals surface area contributed by atoms with Gasteiger partial charge in [-0.05, 0) is 36.4 Å². The van der Waals surface area contributed by atoms with Crippen LogP contribution in [-0.2, 0) is 0 Å². The molecule has 4 rings (SSSR count). The summed E-state index contributed by atoms with van der Waals surface area (Å²) >= 11 is 1.84. The van der Waals surface area contributed by atoms with Gasteiger partial charge in [0.2, 0.25) is 0 Å². The summed E-state index contributed by atoms with van der Waals surface area (Å²) in [6.45, 7) is 2.28. The van der Waals surface area contributed by atoms with Gasteiger partial charge in [-0.2, -0.15) is 0 Å². The molecule has 2 aromatic rings. The number of rotatable bonds is 1. The highest BCUT2D eigenvalue weighted by Gasteiger charge is 2.38. The fraction of sp³-hybridized carbons (Fsp3) is 0.429. The zero-order valence-electron chi connectivity index (χ0n) is 9.73. The number of nitrogens with one attached hydrogen (secondary N) is 1. The van der Waals surface area contributed by atoms with Gasteiger partial charge in [-0.25, -0.2) is 0 Å². The van der Waals surface area contributed by atoms with E-state index < -0.39 is 0 Å². The Morgan fingerprint density at radius 2 is 2.24 bits per heavy atom. The lowest BCUT2D eigenvalue weighted by atomic mass is 9.83. The first kappa shape index (κ1) is 9.92. The lowest BCUT2D eigenvalue weighted by Crippen LogP contribution is -2.63. The number of fused-ring (bicyclic) bond motifs is 2. The predicted molar refractivity (Wildman–Crippen MR) is 74.0 cm³/mol. The van der Waals surface area contributed by atoms with E-state index in [-0.39, 0.29) is 0 Å². The second-order valence-corrected chi connectivity index (χ2v) is 5.96. The Bertz CT molecular complexity index is 548. The molecule has 0 bridgehead atoms. The highest BCUT2D eigenvalue weighted by atomic mass is 32.1. The Morgan fingerprint density at radius 3 is 3.12 bits per heavy atom. The van der Waals surface area contributed by atoms with Crippen molar-refractivity contribution < 1.29 is 0 Å². The fourth-order valence-electron chi connectivity index (χ4n) is 3.16. The maximum absolute atomic E-state index is 3.62. The van der Waals surface area contributed by atoms with Crippen LogP contribution < -0.4 is 10.2 Å². The van der Waals surface area contributed by atoms with E-state index in [1.165, 1.54) is 28.6 Å². The van der Waals surface area contributed by atoms with Gasteiger partial charge in [-0.1, -0.05) is 6.07 Å². The van der Waals surface area contributed by atoms with Crippen LogP contribution in [0.3, 0.4) is 0 Å². The maximum atomic E-state index is 3.62. The Hall–Kier alpha value is -1.06. The number of anilines is 1. The van der Waals surface area contributed by atoms with E-state index in [1.807, 2.05) is 11.3 Å². The van der Waals surface area contributed by atoms with E-state index >= 15 is 0 Å². The lowest BCUT2D eigenvalue weighted by molar-refractivity contribution is 0.241. The molecule has 0 amide bonds. The first-order chi connectivity index (χ1) is 8.43. The van der Waals surface area contributed by atoms with Crippen molar-refractivity contribution in [1.29, 1.82) is 0 Å². The summed E-state index contributed by atoms with van der Waals surface area (Å²) in [6, 6.07) is 10.4. The molecule has 1 saturated heterocycles. The highest BCUT2D eigenvalue weighted by molar-refractivity contribution is 7.17. The predicted octanol–water partition coefficient (Wildman–Crippen LogP) is 2.84. The number of piperazine rings is 1. The number of hydrogen-bond donors (Lipinski definition) is 1. The van der Waals surface area contributed by atoms with Gasteiger partial charge < -0.3 is 10.2 Å². The van der Waals surface area contributed by atoms with Crippen molar-refractivity contribution in [2.75, 3.05) is 18.0 Å². The third kappa shape index (κ3) is 1.42. The van der Waals surface area contributed by atoms with Gasteiger partial charge in [0.15, 0.2) is 0 Å². The zero-order chi connectivity index (χ0) is 11.2. The monoisotopic (exact) mass is 244 g/mol. The molecule has 3 heteroatoms. The van der Waals surface area contributed by atoms with Crippen LogP contribution in [0, 0.1) is 0 Å². The number of thiophene rings is 1. The minimum Gasteiger partial charge on any atom is -0.365 e. The quantitative estimate of drug-likeness (QED) is 0.830. The molecule has 1 N–H and O–H groups in total. The van der Waals surface area contributed by atoms with E-state index in [4.69, 9.17) is 0 Å². The third-order valence-corrected chi connectivity index (χ3v) is 5.06. The van der Waals surface area contributed by atoms with E-state index in [0.717, 1.165) is 25.2 Å². The molecule has 2 atom stereocenters. The number of nitrogens with zero attached hydrogens (tertiary/aromatic N) is 1. The van der Waals surface area contributed by atoms with Gasteiger partial charge in [-0.3, -0.25) is 0 Å². The topological polar surface area (TPSA) is 15.3 Å². The summed E-state index contributed by atoms with van der Waals surface area (Å²) in [7, 11) is 0. The fourth-order valence-corrected chi connectivity index (χ4v) is 3.96. The second-order valence-electron chi connectivity index (χ2n) is 5.01. The average molecular weight is 244 g/mol. The van der Waals surface area contributed by atoms with Crippen LogP contribution in [0.5, 0.6) is 0 Å². The number of benzene rings is 1. The molecule has 2 heterocycles. The van der Waals surface area contributed by atoms with Crippen LogP contribution in [0.25, 0.3) is 10.1 Å². The van der Waals surface area contributed by atoms with Crippen LogP contribution in [0.1, 0.15) is 12.8 Å².